The molecule has 0 rings (SSSR count). The molecular weight excluding hydrogens is 220 g/mol. The topological polar surface area (TPSA) is 52.0 Å². The van der Waals surface area contributed by atoms with E-state index in [1.807, 2.05) is 0 Å². The van der Waals surface area contributed by atoms with Crippen LogP contribution in [0.3, 0.4) is 0 Å². The van der Waals surface area contributed by atoms with Crippen molar-refractivity contribution >= 4 is 0 Å². The highest BCUT2D eigenvalue weighted by Gasteiger charge is 2.46. The number of rotatable bonds is 10. The average Bonchev–Trinajstić information content (AvgIpc) is 2.30. The van der Waals surface area contributed by atoms with Crippen molar-refractivity contribution in [3.63, 3.8) is 0 Å². The van der Waals surface area contributed by atoms with Crippen molar-refractivity contribution in [2.45, 2.75) is 97.1 Å². The van der Waals surface area contributed by atoms with Gasteiger partial charge in [-0.3, -0.25) is 0 Å². The Labute approximate surface area is 115 Å². The lowest BCUT2D eigenvalue weighted by molar-refractivity contribution is 0.108. The van der Waals surface area contributed by atoms with Crippen molar-refractivity contribution in [1.29, 1.82) is 0 Å². The van der Waals surface area contributed by atoms with Crippen LogP contribution >= 0.6 is 0 Å². The molecule has 0 bridgehead atoms. The van der Waals surface area contributed by atoms with Crippen LogP contribution in [-0.4, -0.2) is 11.1 Å². The summed E-state index contributed by atoms with van der Waals surface area (Å²) in [4.78, 5) is 0. The molecule has 2 atom stereocenters. The maximum atomic E-state index is 6.86. The van der Waals surface area contributed by atoms with Gasteiger partial charge in [-0.1, -0.05) is 60.3 Å². The standard InChI is InChI=1S/C16H36N2/c1-6-10-14(5)16(18,13-9-4)15(17,11-7-2)12-8-3/h14H,6-13,17-18H2,1-5H3. The largest absolute Gasteiger partial charge is 0.324 e. The van der Waals surface area contributed by atoms with Crippen molar-refractivity contribution in [2.75, 3.05) is 0 Å². The Kier molecular flexibility index (Phi) is 8.13. The van der Waals surface area contributed by atoms with E-state index < -0.39 is 0 Å². The second-order valence-corrected chi connectivity index (χ2v) is 6.14. The van der Waals surface area contributed by atoms with Crippen LogP contribution in [0.1, 0.15) is 86.0 Å². The highest BCUT2D eigenvalue weighted by molar-refractivity contribution is 5.08. The van der Waals surface area contributed by atoms with Crippen LogP contribution in [0, 0.1) is 5.92 Å². The summed E-state index contributed by atoms with van der Waals surface area (Å²) in [6.45, 7) is 11.2. The minimum Gasteiger partial charge on any atom is -0.324 e. The number of hydrogen-bond acceptors (Lipinski definition) is 2. The lowest BCUT2D eigenvalue weighted by Gasteiger charge is -2.50. The summed E-state index contributed by atoms with van der Waals surface area (Å²) < 4.78 is 0. The fourth-order valence-electron chi connectivity index (χ4n) is 3.57. The number of nitrogens with two attached hydrogens (primary N) is 2. The van der Waals surface area contributed by atoms with Crippen molar-refractivity contribution in [2.24, 2.45) is 17.4 Å². The van der Waals surface area contributed by atoms with Gasteiger partial charge in [0.2, 0.25) is 0 Å². The van der Waals surface area contributed by atoms with Crippen LogP contribution in [0.15, 0.2) is 0 Å². The fourth-order valence-corrected chi connectivity index (χ4v) is 3.57. The molecule has 0 aromatic heterocycles. The zero-order valence-electron chi connectivity index (χ0n) is 13.4. The van der Waals surface area contributed by atoms with Crippen molar-refractivity contribution in [1.82, 2.24) is 0 Å². The Morgan fingerprint density at radius 1 is 0.778 bits per heavy atom. The Bertz CT molecular complexity index is 209. The minimum atomic E-state index is -0.205. The van der Waals surface area contributed by atoms with Gasteiger partial charge in [0, 0.05) is 11.1 Å². The van der Waals surface area contributed by atoms with Crippen LogP contribution < -0.4 is 11.5 Å². The molecule has 110 valence electrons. The third-order valence-electron chi connectivity index (χ3n) is 4.58. The molecular formula is C16H36N2. The van der Waals surface area contributed by atoms with E-state index in [9.17, 15) is 0 Å². The van der Waals surface area contributed by atoms with Crippen molar-refractivity contribution in [3.8, 4) is 0 Å². The molecule has 2 heteroatoms. The van der Waals surface area contributed by atoms with Gasteiger partial charge in [-0.15, -0.1) is 0 Å². The highest BCUT2D eigenvalue weighted by Crippen LogP contribution is 2.38. The van der Waals surface area contributed by atoms with Gasteiger partial charge in [0.1, 0.15) is 0 Å². The Morgan fingerprint density at radius 2 is 1.22 bits per heavy atom. The molecule has 0 saturated heterocycles. The molecule has 0 fully saturated rings. The minimum absolute atomic E-state index is 0.193. The first-order chi connectivity index (χ1) is 8.41. The molecule has 0 amide bonds. The predicted octanol–water partition coefficient (Wildman–Crippen LogP) is 4.22. The van der Waals surface area contributed by atoms with Crippen LogP contribution in [0.2, 0.25) is 0 Å². The summed E-state index contributed by atoms with van der Waals surface area (Å²) in [5.74, 6) is 0.505. The first kappa shape index (κ1) is 17.9. The summed E-state index contributed by atoms with van der Waals surface area (Å²) in [5.41, 5.74) is 13.3. The summed E-state index contributed by atoms with van der Waals surface area (Å²) in [5, 5.41) is 0. The first-order valence-corrected chi connectivity index (χ1v) is 7.99. The van der Waals surface area contributed by atoms with Gasteiger partial charge in [0.05, 0.1) is 0 Å². The van der Waals surface area contributed by atoms with Gasteiger partial charge in [-0.2, -0.15) is 0 Å². The second kappa shape index (κ2) is 8.16. The van der Waals surface area contributed by atoms with Crippen molar-refractivity contribution in [3.05, 3.63) is 0 Å². The predicted molar refractivity (Wildman–Crippen MR) is 82.6 cm³/mol. The third kappa shape index (κ3) is 3.96. The molecule has 4 N–H and O–H groups in total. The average molecular weight is 256 g/mol. The second-order valence-electron chi connectivity index (χ2n) is 6.14. The van der Waals surface area contributed by atoms with Crippen LogP contribution in [0.4, 0.5) is 0 Å². The van der Waals surface area contributed by atoms with Gasteiger partial charge in [0.25, 0.3) is 0 Å². The quantitative estimate of drug-likeness (QED) is 0.615. The summed E-state index contributed by atoms with van der Waals surface area (Å²) in [6.07, 6.45) is 8.88. The maximum Gasteiger partial charge on any atom is 0.0362 e. The van der Waals surface area contributed by atoms with Gasteiger partial charge < -0.3 is 11.5 Å². The molecule has 0 aliphatic heterocycles. The molecule has 2 nitrogen and oxygen atoms in total. The van der Waals surface area contributed by atoms with E-state index in [1.54, 1.807) is 0 Å². The van der Waals surface area contributed by atoms with E-state index in [-0.39, 0.29) is 11.1 Å². The van der Waals surface area contributed by atoms with E-state index in [2.05, 4.69) is 34.6 Å². The molecule has 0 aliphatic rings. The molecule has 0 aliphatic carbocycles. The molecule has 0 heterocycles. The van der Waals surface area contributed by atoms with Crippen LogP contribution in [0.5, 0.6) is 0 Å². The molecule has 0 aromatic rings. The SMILES string of the molecule is CCCC(C)C(N)(CCC)C(N)(CCC)CCC. The van der Waals surface area contributed by atoms with Crippen LogP contribution in [0.25, 0.3) is 0 Å². The summed E-state index contributed by atoms with van der Waals surface area (Å²) >= 11 is 0. The lowest BCUT2D eigenvalue weighted by atomic mass is 9.63. The summed E-state index contributed by atoms with van der Waals surface area (Å²) in [7, 11) is 0. The highest BCUT2D eigenvalue weighted by atomic mass is 14.9. The fraction of sp³-hybridized carbons (Fsp3) is 1.00. The van der Waals surface area contributed by atoms with Gasteiger partial charge in [0.15, 0.2) is 0 Å². The van der Waals surface area contributed by atoms with E-state index in [0.717, 1.165) is 38.5 Å². The number of hydrogen-bond donors (Lipinski definition) is 2. The zero-order chi connectivity index (χ0) is 14.2. The zero-order valence-corrected chi connectivity index (χ0v) is 13.4. The molecule has 18 heavy (non-hydrogen) atoms. The Balaban J connectivity index is 5.21. The third-order valence-corrected chi connectivity index (χ3v) is 4.58. The molecule has 0 radical (unpaired) electrons. The van der Waals surface area contributed by atoms with E-state index in [1.165, 1.54) is 12.8 Å². The normalized spacial score (nSPS) is 17.5. The molecule has 0 saturated carbocycles. The molecule has 0 spiro atoms. The first-order valence-electron chi connectivity index (χ1n) is 7.99. The van der Waals surface area contributed by atoms with Gasteiger partial charge >= 0.3 is 0 Å². The van der Waals surface area contributed by atoms with Gasteiger partial charge in [-0.25, -0.2) is 0 Å². The van der Waals surface area contributed by atoms with Gasteiger partial charge in [-0.05, 0) is 31.6 Å². The van der Waals surface area contributed by atoms with E-state index in [0.29, 0.717) is 5.92 Å². The lowest BCUT2D eigenvalue weighted by Crippen LogP contribution is -2.68. The molecule has 0 aromatic carbocycles. The Morgan fingerprint density at radius 3 is 1.56 bits per heavy atom. The van der Waals surface area contributed by atoms with Crippen LogP contribution in [-0.2, 0) is 0 Å². The van der Waals surface area contributed by atoms with E-state index >= 15 is 0 Å². The monoisotopic (exact) mass is 256 g/mol. The maximum absolute atomic E-state index is 6.86. The van der Waals surface area contributed by atoms with Crippen molar-refractivity contribution < 1.29 is 0 Å². The molecule has 2 unspecified atom stereocenters. The summed E-state index contributed by atoms with van der Waals surface area (Å²) in [6, 6.07) is 0. The smallest absolute Gasteiger partial charge is 0.0362 e. The van der Waals surface area contributed by atoms with E-state index in [4.69, 9.17) is 11.5 Å². The Hall–Kier alpha value is -0.0800.